The first-order valence-electron chi connectivity index (χ1n) is 5.95. The highest BCUT2D eigenvalue weighted by molar-refractivity contribution is 5.97. The van der Waals surface area contributed by atoms with E-state index in [0.717, 1.165) is 18.0 Å². The number of hydrogen-bond acceptors (Lipinski definition) is 2. The fourth-order valence-electron chi connectivity index (χ4n) is 2.28. The zero-order valence-corrected chi connectivity index (χ0v) is 10.2. The van der Waals surface area contributed by atoms with Gasteiger partial charge in [0.05, 0.1) is 12.2 Å². The Morgan fingerprint density at radius 3 is 2.75 bits per heavy atom. The topological polar surface area (TPSA) is 46.9 Å². The van der Waals surface area contributed by atoms with Crippen LogP contribution in [0.25, 0.3) is 0 Å². The first kappa shape index (κ1) is 12.7. The van der Waals surface area contributed by atoms with Gasteiger partial charge in [-0.25, -0.2) is 0 Å². The van der Waals surface area contributed by atoms with Crippen LogP contribution in [-0.4, -0.2) is 15.7 Å². The second-order valence-electron chi connectivity index (χ2n) is 4.57. The van der Waals surface area contributed by atoms with Crippen molar-refractivity contribution in [2.75, 3.05) is 0 Å². The molecule has 0 spiro atoms. The molecule has 1 aromatic heterocycles. The van der Waals surface area contributed by atoms with Gasteiger partial charge in [-0.3, -0.25) is 4.79 Å². The molecule has 0 bridgehead atoms. The Bertz CT molecular complexity index is 663. The van der Waals surface area contributed by atoms with Gasteiger partial charge in [-0.05, 0) is 18.1 Å². The van der Waals surface area contributed by atoms with Crippen molar-refractivity contribution in [3.05, 3.63) is 53.3 Å². The average Bonchev–Trinajstić information content (AvgIpc) is 2.88. The van der Waals surface area contributed by atoms with Gasteiger partial charge >= 0.3 is 6.30 Å². The first-order chi connectivity index (χ1) is 9.45. The van der Waals surface area contributed by atoms with E-state index >= 15 is 0 Å². The summed E-state index contributed by atoms with van der Waals surface area (Å²) >= 11 is 0. The summed E-state index contributed by atoms with van der Waals surface area (Å²) in [6, 6.07) is 6.55. The first-order valence-corrected chi connectivity index (χ1v) is 5.95. The third-order valence-electron chi connectivity index (χ3n) is 3.26. The van der Waals surface area contributed by atoms with Gasteiger partial charge in [-0.15, -0.1) is 13.2 Å². The molecular weight excluding hydrogens is 271 g/mol. The molecule has 1 aliphatic heterocycles. The van der Waals surface area contributed by atoms with Crippen LogP contribution in [0.4, 0.5) is 13.2 Å². The standard InChI is InChI=1S/C13H10F3N3O/c14-13(15,16)19-7-9(6-17-19)11-5-8-3-1-2-4-10(8)12(20)18-11/h1-4,6-7,11H,5H2,(H,18,20). The Morgan fingerprint density at radius 1 is 1.30 bits per heavy atom. The van der Waals surface area contributed by atoms with Crippen LogP contribution in [0, 0.1) is 0 Å². The Kier molecular flexibility index (Phi) is 2.77. The number of alkyl halides is 3. The molecule has 3 rings (SSSR count). The van der Waals surface area contributed by atoms with Crippen molar-refractivity contribution in [3.8, 4) is 0 Å². The van der Waals surface area contributed by atoms with Crippen LogP contribution in [-0.2, 0) is 12.7 Å². The van der Waals surface area contributed by atoms with Crippen LogP contribution >= 0.6 is 0 Å². The quantitative estimate of drug-likeness (QED) is 0.872. The predicted octanol–water partition coefficient (Wildman–Crippen LogP) is 2.39. The van der Waals surface area contributed by atoms with Gasteiger partial charge in [0, 0.05) is 17.3 Å². The number of benzene rings is 1. The summed E-state index contributed by atoms with van der Waals surface area (Å²) in [5.41, 5.74) is 1.72. The SMILES string of the molecule is O=C1NC(c2cnn(C(F)(F)F)c2)Cc2ccccc21. The van der Waals surface area contributed by atoms with Crippen LogP contribution in [0.1, 0.15) is 27.5 Å². The second-order valence-corrected chi connectivity index (χ2v) is 4.57. The number of carbonyl (C=O) groups excluding carboxylic acids is 1. The van der Waals surface area contributed by atoms with Crippen LogP contribution in [0.15, 0.2) is 36.7 Å². The van der Waals surface area contributed by atoms with Crippen LogP contribution in [0.2, 0.25) is 0 Å². The van der Waals surface area contributed by atoms with Gasteiger partial charge in [-0.2, -0.15) is 9.78 Å². The Morgan fingerprint density at radius 2 is 2.05 bits per heavy atom. The van der Waals surface area contributed by atoms with Gasteiger partial charge in [0.25, 0.3) is 5.91 Å². The number of fused-ring (bicyclic) bond motifs is 1. The summed E-state index contributed by atoms with van der Waals surface area (Å²) in [5.74, 6) is -0.281. The number of hydrogen-bond donors (Lipinski definition) is 1. The molecule has 1 atom stereocenters. The zero-order chi connectivity index (χ0) is 14.3. The Hall–Kier alpha value is -2.31. The molecule has 1 amide bonds. The van der Waals surface area contributed by atoms with E-state index in [0.29, 0.717) is 17.5 Å². The maximum Gasteiger partial charge on any atom is 0.504 e. The molecule has 4 nitrogen and oxygen atoms in total. The van der Waals surface area contributed by atoms with Crippen molar-refractivity contribution in [2.45, 2.75) is 18.8 Å². The lowest BCUT2D eigenvalue weighted by Gasteiger charge is -2.24. The molecule has 0 radical (unpaired) electrons. The average molecular weight is 281 g/mol. The number of rotatable bonds is 1. The predicted molar refractivity (Wildman–Crippen MR) is 63.9 cm³/mol. The van der Waals surface area contributed by atoms with Gasteiger partial charge in [0.1, 0.15) is 0 Å². The van der Waals surface area contributed by atoms with Crippen molar-refractivity contribution in [2.24, 2.45) is 0 Å². The molecule has 1 aliphatic rings. The number of nitrogens with one attached hydrogen (secondary N) is 1. The molecular formula is C13H10F3N3O. The third kappa shape index (κ3) is 2.15. The Labute approximate surface area is 112 Å². The largest absolute Gasteiger partial charge is 0.504 e. The van der Waals surface area contributed by atoms with E-state index in [1.165, 1.54) is 0 Å². The van der Waals surface area contributed by atoms with Crippen LogP contribution in [0.3, 0.4) is 0 Å². The highest BCUT2D eigenvalue weighted by atomic mass is 19.4. The number of amides is 1. The van der Waals surface area contributed by atoms with Crippen LogP contribution < -0.4 is 5.32 Å². The minimum Gasteiger partial charge on any atom is -0.345 e. The number of aromatic nitrogens is 2. The van der Waals surface area contributed by atoms with Gasteiger partial charge < -0.3 is 5.32 Å². The van der Waals surface area contributed by atoms with E-state index in [-0.39, 0.29) is 10.6 Å². The second kappa shape index (κ2) is 4.36. The van der Waals surface area contributed by atoms with Crippen molar-refractivity contribution >= 4 is 5.91 Å². The molecule has 0 aliphatic carbocycles. The molecule has 7 heteroatoms. The van der Waals surface area contributed by atoms with E-state index in [2.05, 4.69) is 10.4 Å². The van der Waals surface area contributed by atoms with E-state index in [1.54, 1.807) is 24.3 Å². The van der Waals surface area contributed by atoms with Gasteiger partial charge in [0.2, 0.25) is 0 Å². The molecule has 1 unspecified atom stereocenters. The lowest BCUT2D eigenvalue weighted by molar-refractivity contribution is -0.212. The number of carbonyl (C=O) groups is 1. The molecule has 20 heavy (non-hydrogen) atoms. The fraction of sp³-hybridized carbons (Fsp3) is 0.231. The van der Waals surface area contributed by atoms with Crippen LogP contribution in [0.5, 0.6) is 0 Å². The lowest BCUT2D eigenvalue weighted by atomic mass is 9.93. The Balaban J connectivity index is 1.90. The fourth-order valence-corrected chi connectivity index (χ4v) is 2.28. The maximum atomic E-state index is 12.5. The molecule has 2 heterocycles. The molecule has 0 saturated heterocycles. The smallest absolute Gasteiger partial charge is 0.345 e. The van der Waals surface area contributed by atoms with Crippen molar-refractivity contribution in [1.29, 1.82) is 0 Å². The van der Waals surface area contributed by atoms with E-state index in [1.807, 2.05) is 0 Å². The monoisotopic (exact) mass is 281 g/mol. The normalized spacial score (nSPS) is 18.6. The van der Waals surface area contributed by atoms with Crippen molar-refractivity contribution in [1.82, 2.24) is 15.1 Å². The highest BCUT2D eigenvalue weighted by Gasteiger charge is 2.33. The molecule has 0 fully saturated rings. The lowest BCUT2D eigenvalue weighted by Crippen LogP contribution is -2.35. The van der Waals surface area contributed by atoms with Crippen molar-refractivity contribution in [3.63, 3.8) is 0 Å². The summed E-state index contributed by atoms with van der Waals surface area (Å²) in [6.45, 7) is 0. The minimum atomic E-state index is -4.55. The van der Waals surface area contributed by atoms with E-state index < -0.39 is 12.3 Å². The molecule has 0 saturated carbocycles. The summed E-state index contributed by atoms with van der Waals surface area (Å²) < 4.78 is 37.4. The highest BCUT2D eigenvalue weighted by Crippen LogP contribution is 2.28. The summed E-state index contributed by atoms with van der Waals surface area (Å²) in [7, 11) is 0. The third-order valence-corrected chi connectivity index (χ3v) is 3.26. The maximum absolute atomic E-state index is 12.5. The van der Waals surface area contributed by atoms with Gasteiger partial charge in [0.15, 0.2) is 0 Å². The van der Waals surface area contributed by atoms with E-state index in [4.69, 9.17) is 0 Å². The molecule has 104 valence electrons. The van der Waals surface area contributed by atoms with Crippen molar-refractivity contribution < 1.29 is 18.0 Å². The molecule has 2 aromatic rings. The van der Waals surface area contributed by atoms with Gasteiger partial charge in [-0.1, -0.05) is 18.2 Å². The van der Waals surface area contributed by atoms with E-state index in [9.17, 15) is 18.0 Å². The molecule has 1 N–H and O–H groups in total. The minimum absolute atomic E-state index is 0.0605. The molecule has 1 aromatic carbocycles. The summed E-state index contributed by atoms with van der Waals surface area (Å²) in [4.78, 5) is 11.9. The summed E-state index contributed by atoms with van der Waals surface area (Å²) in [5, 5.41) is 5.98. The zero-order valence-electron chi connectivity index (χ0n) is 10.2. The number of nitrogens with zero attached hydrogens (tertiary/aromatic N) is 2. The number of halogens is 3. The summed E-state index contributed by atoms with van der Waals surface area (Å²) in [6.07, 6.45) is -2.06.